The number of non-ortho nitro benzene ring substituents is 1. The van der Waals surface area contributed by atoms with Crippen molar-refractivity contribution in [2.75, 3.05) is 12.4 Å². The van der Waals surface area contributed by atoms with Gasteiger partial charge in [0.25, 0.3) is 11.6 Å². The Kier molecular flexibility index (Phi) is 6.15. The summed E-state index contributed by atoms with van der Waals surface area (Å²) in [5.41, 5.74) is 0.781. The SMILES string of the molecule is CCC(CC)(CCl)CNC(=O)c1cc(C)cc([N+](=O)[O-])c1. The fourth-order valence-electron chi connectivity index (χ4n) is 2.11. The van der Waals surface area contributed by atoms with Gasteiger partial charge in [0.1, 0.15) is 0 Å². The Hall–Kier alpha value is -1.62. The number of alkyl halides is 1. The molecule has 1 rings (SSSR count). The normalized spacial score (nSPS) is 11.2. The van der Waals surface area contributed by atoms with Gasteiger partial charge in [-0.1, -0.05) is 13.8 Å². The zero-order valence-electron chi connectivity index (χ0n) is 12.6. The predicted molar refractivity (Wildman–Crippen MR) is 83.9 cm³/mol. The number of nitrogens with zero attached hydrogens (tertiary/aromatic N) is 1. The summed E-state index contributed by atoms with van der Waals surface area (Å²) in [5.74, 6) is 0.159. The molecule has 1 aromatic rings. The van der Waals surface area contributed by atoms with Crippen molar-refractivity contribution in [1.82, 2.24) is 5.32 Å². The zero-order valence-corrected chi connectivity index (χ0v) is 13.4. The standard InChI is InChI=1S/C15H21ClN2O3/c1-4-15(5-2,9-16)10-17-14(19)12-6-11(3)7-13(8-12)18(20)21/h6-8H,4-5,9-10H2,1-3H3,(H,17,19). The van der Waals surface area contributed by atoms with E-state index in [-0.39, 0.29) is 17.0 Å². The van der Waals surface area contributed by atoms with E-state index < -0.39 is 4.92 Å². The van der Waals surface area contributed by atoms with Gasteiger partial charge in [0, 0.05) is 35.5 Å². The maximum Gasteiger partial charge on any atom is 0.270 e. The molecule has 0 atom stereocenters. The molecule has 1 N–H and O–H groups in total. The van der Waals surface area contributed by atoms with Crippen molar-refractivity contribution in [1.29, 1.82) is 0 Å². The highest BCUT2D eigenvalue weighted by molar-refractivity contribution is 6.18. The Morgan fingerprint density at radius 2 is 1.95 bits per heavy atom. The summed E-state index contributed by atoms with van der Waals surface area (Å²) in [6.45, 7) is 6.26. The Labute approximate surface area is 129 Å². The van der Waals surface area contributed by atoms with Crippen LogP contribution in [0.25, 0.3) is 0 Å². The number of carbonyl (C=O) groups excluding carboxylic acids is 1. The quantitative estimate of drug-likeness (QED) is 0.474. The fraction of sp³-hybridized carbons (Fsp3) is 0.533. The number of hydrogen-bond donors (Lipinski definition) is 1. The first-order valence-electron chi connectivity index (χ1n) is 6.97. The van der Waals surface area contributed by atoms with E-state index >= 15 is 0 Å². The molecular formula is C15H21ClN2O3. The lowest BCUT2D eigenvalue weighted by Crippen LogP contribution is -2.38. The van der Waals surface area contributed by atoms with Crippen LogP contribution in [0.4, 0.5) is 5.69 Å². The second-order valence-corrected chi connectivity index (χ2v) is 5.61. The summed E-state index contributed by atoms with van der Waals surface area (Å²) in [4.78, 5) is 22.5. The van der Waals surface area contributed by atoms with Crippen LogP contribution in [-0.2, 0) is 0 Å². The minimum absolute atomic E-state index is 0.0743. The van der Waals surface area contributed by atoms with Crippen molar-refractivity contribution in [2.24, 2.45) is 5.41 Å². The fourth-order valence-corrected chi connectivity index (χ4v) is 2.58. The van der Waals surface area contributed by atoms with Gasteiger partial charge in [-0.25, -0.2) is 0 Å². The Bertz CT molecular complexity index is 519. The average molecular weight is 313 g/mol. The summed E-state index contributed by atoms with van der Waals surface area (Å²) in [5, 5.41) is 13.7. The van der Waals surface area contributed by atoms with Crippen molar-refractivity contribution in [3.63, 3.8) is 0 Å². The number of halogens is 1. The minimum Gasteiger partial charge on any atom is -0.351 e. The Balaban J connectivity index is 2.87. The van der Waals surface area contributed by atoms with Gasteiger partial charge in [0.15, 0.2) is 0 Å². The van der Waals surface area contributed by atoms with Gasteiger partial charge in [-0.05, 0) is 31.4 Å². The highest BCUT2D eigenvalue weighted by Gasteiger charge is 2.26. The number of nitrogens with one attached hydrogen (secondary N) is 1. The summed E-state index contributed by atoms with van der Waals surface area (Å²) < 4.78 is 0. The highest BCUT2D eigenvalue weighted by atomic mass is 35.5. The van der Waals surface area contributed by atoms with Gasteiger partial charge in [0.2, 0.25) is 0 Å². The molecule has 116 valence electrons. The molecule has 0 aliphatic rings. The number of nitro benzene ring substituents is 1. The van der Waals surface area contributed by atoms with Gasteiger partial charge >= 0.3 is 0 Å². The lowest BCUT2D eigenvalue weighted by Gasteiger charge is -2.29. The first-order chi connectivity index (χ1) is 9.87. The number of aryl methyl sites for hydroxylation is 1. The van der Waals surface area contributed by atoms with Crippen molar-refractivity contribution >= 4 is 23.2 Å². The Morgan fingerprint density at radius 3 is 2.43 bits per heavy atom. The van der Waals surface area contributed by atoms with Crippen molar-refractivity contribution in [2.45, 2.75) is 33.6 Å². The van der Waals surface area contributed by atoms with Gasteiger partial charge in [0.05, 0.1) is 4.92 Å². The maximum absolute atomic E-state index is 12.2. The smallest absolute Gasteiger partial charge is 0.270 e. The predicted octanol–water partition coefficient (Wildman–Crippen LogP) is 3.68. The number of hydrogen-bond acceptors (Lipinski definition) is 3. The molecule has 0 radical (unpaired) electrons. The van der Waals surface area contributed by atoms with E-state index in [2.05, 4.69) is 5.32 Å². The molecule has 6 heteroatoms. The van der Waals surface area contributed by atoms with E-state index in [9.17, 15) is 14.9 Å². The van der Waals surface area contributed by atoms with Gasteiger partial charge < -0.3 is 5.32 Å². The second kappa shape index (κ2) is 7.41. The number of rotatable bonds is 7. The molecule has 21 heavy (non-hydrogen) atoms. The first-order valence-corrected chi connectivity index (χ1v) is 7.51. The summed E-state index contributed by atoms with van der Waals surface area (Å²) in [6.07, 6.45) is 1.72. The molecular weight excluding hydrogens is 292 g/mol. The van der Waals surface area contributed by atoms with E-state index in [1.807, 2.05) is 13.8 Å². The van der Waals surface area contributed by atoms with E-state index in [1.165, 1.54) is 12.1 Å². The molecule has 1 aromatic carbocycles. The van der Waals surface area contributed by atoms with Crippen LogP contribution in [-0.4, -0.2) is 23.3 Å². The van der Waals surface area contributed by atoms with Crippen LogP contribution in [0, 0.1) is 22.5 Å². The topological polar surface area (TPSA) is 72.2 Å². The van der Waals surface area contributed by atoms with Crippen LogP contribution in [0.1, 0.15) is 42.6 Å². The van der Waals surface area contributed by atoms with Crippen LogP contribution in [0.3, 0.4) is 0 Å². The molecule has 1 amide bonds. The van der Waals surface area contributed by atoms with Gasteiger partial charge in [-0.3, -0.25) is 14.9 Å². The van der Waals surface area contributed by atoms with Crippen LogP contribution >= 0.6 is 11.6 Å². The first kappa shape index (κ1) is 17.4. The molecule has 0 bridgehead atoms. The largest absolute Gasteiger partial charge is 0.351 e. The van der Waals surface area contributed by atoms with E-state index in [4.69, 9.17) is 11.6 Å². The molecule has 0 unspecified atom stereocenters. The molecule has 0 spiro atoms. The van der Waals surface area contributed by atoms with E-state index in [0.29, 0.717) is 23.6 Å². The molecule has 0 aromatic heterocycles. The van der Waals surface area contributed by atoms with Crippen LogP contribution in [0.2, 0.25) is 0 Å². The molecule has 0 saturated carbocycles. The van der Waals surface area contributed by atoms with E-state index in [1.54, 1.807) is 13.0 Å². The van der Waals surface area contributed by atoms with Crippen molar-refractivity contribution < 1.29 is 9.72 Å². The monoisotopic (exact) mass is 312 g/mol. The third kappa shape index (κ3) is 4.43. The van der Waals surface area contributed by atoms with Crippen molar-refractivity contribution in [3.8, 4) is 0 Å². The number of amides is 1. The molecule has 0 fully saturated rings. The maximum atomic E-state index is 12.2. The van der Waals surface area contributed by atoms with E-state index in [0.717, 1.165) is 12.8 Å². The minimum atomic E-state index is -0.495. The second-order valence-electron chi connectivity index (χ2n) is 5.34. The molecule has 0 saturated heterocycles. The van der Waals surface area contributed by atoms with Crippen LogP contribution < -0.4 is 5.32 Å². The summed E-state index contributed by atoms with van der Waals surface area (Å²) in [6, 6.07) is 4.38. The number of nitro groups is 1. The molecule has 0 aliphatic carbocycles. The highest BCUT2D eigenvalue weighted by Crippen LogP contribution is 2.27. The summed E-state index contributed by atoms with van der Waals surface area (Å²) in [7, 11) is 0. The molecule has 5 nitrogen and oxygen atoms in total. The number of carbonyl (C=O) groups is 1. The van der Waals surface area contributed by atoms with Crippen LogP contribution in [0.15, 0.2) is 18.2 Å². The van der Waals surface area contributed by atoms with Gasteiger partial charge in [-0.2, -0.15) is 0 Å². The average Bonchev–Trinajstić information content (AvgIpc) is 2.48. The van der Waals surface area contributed by atoms with Gasteiger partial charge in [-0.15, -0.1) is 11.6 Å². The molecule has 0 heterocycles. The molecule has 0 aliphatic heterocycles. The van der Waals surface area contributed by atoms with Crippen LogP contribution in [0.5, 0.6) is 0 Å². The zero-order chi connectivity index (χ0) is 16.0. The lowest BCUT2D eigenvalue weighted by atomic mass is 9.84. The number of benzene rings is 1. The Morgan fingerprint density at radius 1 is 1.33 bits per heavy atom. The van der Waals surface area contributed by atoms with Crippen molar-refractivity contribution in [3.05, 3.63) is 39.4 Å². The summed E-state index contributed by atoms with van der Waals surface area (Å²) >= 11 is 6.01. The third-order valence-corrected chi connectivity index (χ3v) is 4.51. The third-order valence-electron chi connectivity index (χ3n) is 3.94. The lowest BCUT2D eigenvalue weighted by molar-refractivity contribution is -0.384.